The first-order valence-electron chi connectivity index (χ1n) is 13.8. The Morgan fingerprint density at radius 3 is 2.24 bits per heavy atom. The van der Waals surface area contributed by atoms with Gasteiger partial charge in [-0.25, -0.2) is 0 Å². The van der Waals surface area contributed by atoms with Crippen LogP contribution < -0.4 is 10.5 Å². The summed E-state index contributed by atoms with van der Waals surface area (Å²) in [5.41, 5.74) is 4.57. The molecule has 0 radical (unpaired) electrons. The Kier molecular flexibility index (Phi) is 8.74. The van der Waals surface area contributed by atoms with E-state index in [1.54, 1.807) is 16.4 Å². The van der Waals surface area contributed by atoms with Gasteiger partial charge in [0.15, 0.2) is 0 Å². The topological polar surface area (TPSA) is 72.6 Å². The Labute approximate surface area is 250 Å². The van der Waals surface area contributed by atoms with Crippen molar-refractivity contribution >= 4 is 46.1 Å². The number of piperazine rings is 1. The lowest BCUT2D eigenvalue weighted by Crippen LogP contribution is -2.48. The van der Waals surface area contributed by atoms with Gasteiger partial charge in [-0.3, -0.25) is 24.0 Å². The number of carbonyl (C=O) groups is 1. The van der Waals surface area contributed by atoms with Crippen LogP contribution in [-0.4, -0.2) is 50.8 Å². The highest BCUT2D eigenvalue weighted by atomic mass is 32.2. The van der Waals surface area contributed by atoms with Crippen LogP contribution in [0.15, 0.2) is 64.3 Å². The molecule has 9 heteroatoms. The molecule has 1 amide bonds. The molecule has 2 aliphatic heterocycles. The summed E-state index contributed by atoms with van der Waals surface area (Å²) in [4.78, 5) is 33.7. The van der Waals surface area contributed by atoms with Gasteiger partial charge in [0.2, 0.25) is 0 Å². The molecule has 3 heterocycles. The summed E-state index contributed by atoms with van der Waals surface area (Å²) in [6.07, 6.45) is 1.84. The lowest BCUT2D eigenvalue weighted by Gasteiger charge is -2.38. The number of thiocarbonyl (C=S) groups is 1. The monoisotopic (exact) mass is 583 g/mol. The van der Waals surface area contributed by atoms with Gasteiger partial charge in [-0.15, -0.1) is 0 Å². The maximum absolute atomic E-state index is 13.6. The number of aromatic nitrogens is 1. The third-order valence-electron chi connectivity index (χ3n) is 7.69. The zero-order valence-corrected chi connectivity index (χ0v) is 25.2. The van der Waals surface area contributed by atoms with E-state index in [0.29, 0.717) is 27.9 Å². The number of benzene rings is 2. The summed E-state index contributed by atoms with van der Waals surface area (Å²) in [7, 11) is 0. The van der Waals surface area contributed by atoms with Crippen LogP contribution in [-0.2, 0) is 24.4 Å². The highest BCUT2D eigenvalue weighted by Gasteiger charge is 2.33. The average molecular weight is 584 g/mol. The second-order valence-electron chi connectivity index (χ2n) is 10.4. The van der Waals surface area contributed by atoms with Crippen molar-refractivity contribution in [1.29, 1.82) is 5.26 Å². The average Bonchev–Trinajstić information content (AvgIpc) is 3.24. The number of amides is 1. The Balaban J connectivity index is 1.47. The fourth-order valence-corrected chi connectivity index (χ4v) is 6.62. The zero-order valence-electron chi connectivity index (χ0n) is 23.6. The number of hydrogen-bond donors (Lipinski definition) is 0. The largest absolute Gasteiger partial charge is 0.355 e. The molecule has 210 valence electrons. The molecular formula is C32H33N5O2S2. The summed E-state index contributed by atoms with van der Waals surface area (Å²) in [6.45, 7) is 10.6. The maximum Gasteiger partial charge on any atom is 0.270 e. The molecule has 2 fully saturated rings. The molecule has 0 atom stereocenters. The summed E-state index contributed by atoms with van der Waals surface area (Å²) in [6, 6.07) is 20.6. The number of nitrogens with zero attached hydrogens (tertiary/aromatic N) is 5. The van der Waals surface area contributed by atoms with E-state index < -0.39 is 0 Å². The highest BCUT2D eigenvalue weighted by Crippen LogP contribution is 2.37. The molecule has 41 heavy (non-hydrogen) atoms. The molecule has 0 bridgehead atoms. The summed E-state index contributed by atoms with van der Waals surface area (Å²) >= 11 is 6.88. The number of carbonyl (C=O) groups excluding carboxylic acids is 1. The Morgan fingerprint density at radius 2 is 1.61 bits per heavy atom. The van der Waals surface area contributed by atoms with Crippen LogP contribution in [0, 0.1) is 25.2 Å². The van der Waals surface area contributed by atoms with E-state index in [4.69, 9.17) is 12.2 Å². The second kappa shape index (κ2) is 12.4. The molecule has 5 rings (SSSR count). The molecule has 2 aliphatic rings. The van der Waals surface area contributed by atoms with Gasteiger partial charge in [0.25, 0.3) is 11.5 Å². The number of pyridine rings is 1. The van der Waals surface area contributed by atoms with Crippen molar-refractivity contribution in [3.63, 3.8) is 0 Å². The molecule has 3 aromatic rings. The molecule has 0 spiro atoms. The number of hydrogen-bond acceptors (Lipinski definition) is 7. The zero-order chi connectivity index (χ0) is 29.1. The number of nitriles is 1. The standard InChI is InChI=1S/C32H33N5O2S2/c1-4-36-29(35-16-14-34(15-17-35)20-24-8-6-5-7-9-24)26(23(3)27(19-33)30(36)38)18-28-31(39)37(32(40)41-28)21-25-12-10-22(2)11-13-25/h5-13,18H,4,14-17,20-21H2,1-3H3/b28-18+. The number of aryl methyl sites for hydroxylation is 1. The molecule has 0 unspecified atom stereocenters. The van der Waals surface area contributed by atoms with Crippen molar-refractivity contribution in [2.45, 2.75) is 40.4 Å². The van der Waals surface area contributed by atoms with E-state index >= 15 is 0 Å². The normalized spacial score (nSPS) is 17.0. The first-order chi connectivity index (χ1) is 19.8. The maximum atomic E-state index is 13.6. The van der Waals surface area contributed by atoms with E-state index in [1.165, 1.54) is 17.3 Å². The predicted octanol–water partition coefficient (Wildman–Crippen LogP) is 5.08. The molecular weight excluding hydrogens is 551 g/mol. The van der Waals surface area contributed by atoms with Gasteiger partial charge >= 0.3 is 0 Å². The molecule has 7 nitrogen and oxygen atoms in total. The number of rotatable bonds is 7. The van der Waals surface area contributed by atoms with Crippen LogP contribution in [0.2, 0.25) is 0 Å². The lowest BCUT2D eigenvalue weighted by molar-refractivity contribution is -0.122. The van der Waals surface area contributed by atoms with Gasteiger partial charge in [0.05, 0.1) is 11.4 Å². The summed E-state index contributed by atoms with van der Waals surface area (Å²) in [5.74, 6) is 0.600. The van der Waals surface area contributed by atoms with Gasteiger partial charge in [0, 0.05) is 44.8 Å². The minimum Gasteiger partial charge on any atom is -0.355 e. The van der Waals surface area contributed by atoms with Crippen molar-refractivity contribution in [1.82, 2.24) is 14.4 Å². The minimum absolute atomic E-state index is 0.111. The van der Waals surface area contributed by atoms with Crippen LogP contribution in [0.5, 0.6) is 0 Å². The summed E-state index contributed by atoms with van der Waals surface area (Å²) in [5, 5.41) is 9.89. The van der Waals surface area contributed by atoms with Gasteiger partial charge in [-0.05, 0) is 43.5 Å². The van der Waals surface area contributed by atoms with Crippen LogP contribution in [0.25, 0.3) is 6.08 Å². The van der Waals surface area contributed by atoms with Gasteiger partial charge in [-0.2, -0.15) is 5.26 Å². The van der Waals surface area contributed by atoms with Gasteiger partial charge in [0.1, 0.15) is 21.8 Å². The van der Waals surface area contributed by atoms with Gasteiger partial charge in [-0.1, -0.05) is 84.1 Å². The van der Waals surface area contributed by atoms with E-state index in [0.717, 1.165) is 55.2 Å². The third-order valence-corrected chi connectivity index (χ3v) is 9.07. The fraction of sp³-hybridized carbons (Fsp3) is 0.312. The van der Waals surface area contributed by atoms with Gasteiger partial charge < -0.3 is 4.90 Å². The van der Waals surface area contributed by atoms with Crippen LogP contribution in [0.1, 0.15) is 40.3 Å². The molecule has 0 saturated carbocycles. The molecule has 2 aromatic carbocycles. The van der Waals surface area contributed by atoms with Crippen molar-refractivity contribution in [2.75, 3.05) is 31.1 Å². The third kappa shape index (κ3) is 6.01. The molecule has 2 saturated heterocycles. The fourth-order valence-electron chi connectivity index (χ4n) is 5.38. The number of thioether (sulfide) groups is 1. The second-order valence-corrected chi connectivity index (χ2v) is 12.1. The Bertz CT molecular complexity index is 1600. The first-order valence-corrected chi connectivity index (χ1v) is 15.0. The van der Waals surface area contributed by atoms with E-state index in [9.17, 15) is 14.9 Å². The quantitative estimate of drug-likeness (QED) is 0.284. The highest BCUT2D eigenvalue weighted by molar-refractivity contribution is 8.26. The van der Waals surface area contributed by atoms with Crippen molar-refractivity contribution in [3.05, 3.63) is 103 Å². The first kappa shape index (κ1) is 28.8. The predicted molar refractivity (Wildman–Crippen MR) is 170 cm³/mol. The molecule has 1 aromatic heterocycles. The van der Waals surface area contributed by atoms with E-state index in [-0.39, 0.29) is 17.0 Å². The van der Waals surface area contributed by atoms with E-state index in [1.807, 2.05) is 50.3 Å². The number of anilines is 1. The van der Waals surface area contributed by atoms with E-state index in [2.05, 4.69) is 40.1 Å². The summed E-state index contributed by atoms with van der Waals surface area (Å²) < 4.78 is 2.18. The molecule has 0 aliphatic carbocycles. The molecule has 0 N–H and O–H groups in total. The van der Waals surface area contributed by atoms with Crippen LogP contribution >= 0.6 is 24.0 Å². The Hall–Kier alpha value is -3.71. The van der Waals surface area contributed by atoms with Crippen molar-refractivity contribution < 1.29 is 4.79 Å². The Morgan fingerprint density at radius 1 is 0.951 bits per heavy atom. The van der Waals surface area contributed by atoms with Crippen LogP contribution in [0.4, 0.5) is 5.82 Å². The lowest BCUT2D eigenvalue weighted by atomic mass is 10.0. The smallest absolute Gasteiger partial charge is 0.270 e. The minimum atomic E-state index is -0.293. The van der Waals surface area contributed by atoms with Crippen LogP contribution in [0.3, 0.4) is 0 Å². The van der Waals surface area contributed by atoms with Crippen molar-refractivity contribution in [3.8, 4) is 6.07 Å². The SMILES string of the molecule is CCn1c(N2CCN(Cc3ccccc3)CC2)c(/C=C2/SC(=S)N(Cc3ccc(C)cc3)C2=O)c(C)c(C#N)c1=O. The van der Waals surface area contributed by atoms with Crippen molar-refractivity contribution in [2.24, 2.45) is 0 Å².